The van der Waals surface area contributed by atoms with Crippen LogP contribution in [-0.4, -0.2) is 18.0 Å². The quantitative estimate of drug-likeness (QED) is 0.844. The molecule has 2 rings (SSSR count). The molecule has 20 heavy (non-hydrogen) atoms. The molecule has 0 radical (unpaired) electrons. The lowest BCUT2D eigenvalue weighted by molar-refractivity contribution is 0.160. The number of carbonyl (C=O) groups is 1. The van der Waals surface area contributed by atoms with Gasteiger partial charge in [0.2, 0.25) is 0 Å². The summed E-state index contributed by atoms with van der Waals surface area (Å²) in [6.07, 6.45) is -0.351. The molecule has 0 aliphatic heterocycles. The zero-order chi connectivity index (χ0) is 14.5. The molecule has 0 spiro atoms. The molecule has 0 bridgehead atoms. The van der Waals surface area contributed by atoms with Crippen LogP contribution in [0, 0.1) is 13.8 Å². The molecular formula is C17H19NO2. The number of carbonyl (C=O) groups excluding carboxylic acids is 1. The van der Waals surface area contributed by atoms with Crippen LogP contribution in [0.4, 0.5) is 4.79 Å². The molecule has 3 nitrogen and oxygen atoms in total. The standard InChI is InChI=1S/C17H19NO2/c1-13-9-10-15(14(2)11-13)12-18(3)17(19)20-16-7-5-4-6-8-16/h4-11H,12H2,1-3H3. The van der Waals surface area contributed by atoms with E-state index < -0.39 is 0 Å². The van der Waals surface area contributed by atoms with Crippen molar-refractivity contribution >= 4 is 6.09 Å². The molecule has 1 amide bonds. The Labute approximate surface area is 119 Å². The molecule has 0 heterocycles. The fourth-order valence-corrected chi connectivity index (χ4v) is 2.01. The summed E-state index contributed by atoms with van der Waals surface area (Å²) in [5.74, 6) is 0.560. The monoisotopic (exact) mass is 269 g/mol. The topological polar surface area (TPSA) is 29.5 Å². The Hall–Kier alpha value is -2.29. The zero-order valence-corrected chi connectivity index (χ0v) is 12.1. The van der Waals surface area contributed by atoms with E-state index in [1.165, 1.54) is 11.1 Å². The van der Waals surface area contributed by atoms with Crippen molar-refractivity contribution in [2.24, 2.45) is 0 Å². The van der Waals surface area contributed by atoms with Crippen LogP contribution in [0.5, 0.6) is 5.75 Å². The van der Waals surface area contributed by atoms with Gasteiger partial charge in [-0.1, -0.05) is 42.0 Å². The molecule has 3 heteroatoms. The normalized spacial score (nSPS) is 10.2. The van der Waals surface area contributed by atoms with E-state index in [0.717, 1.165) is 5.56 Å². The predicted octanol–water partition coefficient (Wildman–Crippen LogP) is 3.93. The molecule has 0 aliphatic carbocycles. The van der Waals surface area contributed by atoms with Crippen molar-refractivity contribution in [2.75, 3.05) is 7.05 Å². The average molecular weight is 269 g/mol. The minimum absolute atomic E-state index is 0.351. The van der Waals surface area contributed by atoms with E-state index in [2.05, 4.69) is 32.0 Å². The summed E-state index contributed by atoms with van der Waals surface area (Å²) in [5, 5.41) is 0. The number of hydrogen-bond acceptors (Lipinski definition) is 2. The fourth-order valence-electron chi connectivity index (χ4n) is 2.01. The summed E-state index contributed by atoms with van der Waals surface area (Å²) < 4.78 is 5.30. The number of ether oxygens (including phenoxy) is 1. The maximum atomic E-state index is 12.0. The van der Waals surface area contributed by atoms with Gasteiger partial charge in [0.25, 0.3) is 0 Å². The largest absolute Gasteiger partial charge is 0.415 e. The molecule has 0 N–H and O–H groups in total. The number of rotatable bonds is 3. The average Bonchev–Trinajstić information content (AvgIpc) is 2.43. The van der Waals surface area contributed by atoms with Crippen LogP contribution < -0.4 is 4.74 Å². The third-order valence-electron chi connectivity index (χ3n) is 3.17. The van der Waals surface area contributed by atoms with Gasteiger partial charge in [-0.05, 0) is 37.1 Å². The second-order valence-electron chi connectivity index (χ2n) is 4.97. The van der Waals surface area contributed by atoms with Gasteiger partial charge in [-0.15, -0.1) is 0 Å². The van der Waals surface area contributed by atoms with Crippen molar-refractivity contribution in [3.63, 3.8) is 0 Å². The molecular weight excluding hydrogens is 250 g/mol. The van der Waals surface area contributed by atoms with Crippen LogP contribution in [0.15, 0.2) is 48.5 Å². The Balaban J connectivity index is 2.00. The lowest BCUT2D eigenvalue weighted by Crippen LogP contribution is -2.29. The summed E-state index contributed by atoms with van der Waals surface area (Å²) in [6, 6.07) is 15.3. The van der Waals surface area contributed by atoms with Gasteiger partial charge >= 0.3 is 6.09 Å². The van der Waals surface area contributed by atoms with E-state index in [1.54, 1.807) is 24.1 Å². The van der Waals surface area contributed by atoms with Gasteiger partial charge in [0, 0.05) is 13.6 Å². The maximum absolute atomic E-state index is 12.0. The maximum Gasteiger partial charge on any atom is 0.415 e. The lowest BCUT2D eigenvalue weighted by Gasteiger charge is -2.18. The molecule has 0 fully saturated rings. The Morgan fingerprint density at radius 1 is 1.10 bits per heavy atom. The number of aryl methyl sites for hydroxylation is 2. The first-order valence-electron chi connectivity index (χ1n) is 6.60. The number of hydrogen-bond donors (Lipinski definition) is 0. The molecule has 0 aromatic heterocycles. The molecule has 0 atom stereocenters. The summed E-state index contributed by atoms with van der Waals surface area (Å²) in [4.78, 5) is 13.6. The number of amides is 1. The SMILES string of the molecule is Cc1ccc(CN(C)C(=O)Oc2ccccc2)c(C)c1. The molecule has 0 saturated carbocycles. The molecule has 2 aromatic carbocycles. The summed E-state index contributed by atoms with van der Waals surface area (Å²) in [7, 11) is 1.74. The number of para-hydroxylation sites is 1. The highest BCUT2D eigenvalue weighted by molar-refractivity contribution is 5.70. The smallest absolute Gasteiger partial charge is 0.410 e. The highest BCUT2D eigenvalue weighted by Gasteiger charge is 2.12. The summed E-state index contributed by atoms with van der Waals surface area (Å²) in [6.45, 7) is 4.65. The van der Waals surface area contributed by atoms with E-state index in [0.29, 0.717) is 12.3 Å². The highest BCUT2D eigenvalue weighted by Crippen LogP contribution is 2.14. The van der Waals surface area contributed by atoms with Crippen LogP contribution in [0.1, 0.15) is 16.7 Å². The predicted molar refractivity (Wildman–Crippen MR) is 79.8 cm³/mol. The summed E-state index contributed by atoms with van der Waals surface area (Å²) in [5.41, 5.74) is 3.54. The summed E-state index contributed by atoms with van der Waals surface area (Å²) >= 11 is 0. The number of benzene rings is 2. The van der Waals surface area contributed by atoms with E-state index in [-0.39, 0.29) is 6.09 Å². The minimum Gasteiger partial charge on any atom is -0.410 e. The van der Waals surface area contributed by atoms with Crippen LogP contribution in [0.25, 0.3) is 0 Å². The third kappa shape index (κ3) is 3.60. The van der Waals surface area contributed by atoms with Gasteiger partial charge in [-0.3, -0.25) is 0 Å². The first-order valence-corrected chi connectivity index (χ1v) is 6.60. The van der Waals surface area contributed by atoms with Gasteiger partial charge in [0.15, 0.2) is 0 Å². The van der Waals surface area contributed by atoms with Crippen molar-refractivity contribution < 1.29 is 9.53 Å². The van der Waals surface area contributed by atoms with Crippen molar-refractivity contribution in [3.8, 4) is 5.75 Å². The van der Waals surface area contributed by atoms with Gasteiger partial charge in [-0.25, -0.2) is 4.79 Å². The second kappa shape index (κ2) is 6.24. The van der Waals surface area contributed by atoms with Crippen LogP contribution in [0.3, 0.4) is 0 Å². The van der Waals surface area contributed by atoms with E-state index in [1.807, 2.05) is 18.2 Å². The minimum atomic E-state index is -0.351. The second-order valence-corrected chi connectivity index (χ2v) is 4.97. The first-order chi connectivity index (χ1) is 9.56. The van der Waals surface area contributed by atoms with Gasteiger partial charge in [0.1, 0.15) is 5.75 Å². The van der Waals surface area contributed by atoms with Crippen molar-refractivity contribution in [1.29, 1.82) is 0 Å². The van der Waals surface area contributed by atoms with Crippen molar-refractivity contribution in [2.45, 2.75) is 20.4 Å². The molecule has 2 aromatic rings. The Bertz CT molecular complexity index is 593. The molecule has 0 saturated heterocycles. The van der Waals surface area contributed by atoms with E-state index >= 15 is 0 Å². The molecule has 0 unspecified atom stereocenters. The van der Waals surface area contributed by atoms with E-state index in [9.17, 15) is 4.79 Å². The van der Waals surface area contributed by atoms with Gasteiger partial charge in [-0.2, -0.15) is 0 Å². The zero-order valence-electron chi connectivity index (χ0n) is 12.1. The van der Waals surface area contributed by atoms with E-state index in [4.69, 9.17) is 4.74 Å². The van der Waals surface area contributed by atoms with Crippen molar-refractivity contribution in [3.05, 3.63) is 65.2 Å². The fraction of sp³-hybridized carbons (Fsp3) is 0.235. The third-order valence-corrected chi connectivity index (χ3v) is 3.17. The first kappa shape index (κ1) is 14.1. The Morgan fingerprint density at radius 3 is 2.45 bits per heavy atom. The lowest BCUT2D eigenvalue weighted by atomic mass is 10.1. The van der Waals surface area contributed by atoms with Gasteiger partial charge < -0.3 is 9.64 Å². The van der Waals surface area contributed by atoms with Crippen molar-refractivity contribution in [1.82, 2.24) is 4.90 Å². The number of nitrogens with zero attached hydrogens (tertiary/aromatic N) is 1. The molecule has 0 aliphatic rings. The molecule has 104 valence electrons. The Kier molecular flexibility index (Phi) is 4.41. The van der Waals surface area contributed by atoms with Crippen LogP contribution >= 0.6 is 0 Å². The highest BCUT2D eigenvalue weighted by atomic mass is 16.6. The van der Waals surface area contributed by atoms with Crippen LogP contribution in [0.2, 0.25) is 0 Å². The Morgan fingerprint density at radius 2 is 1.80 bits per heavy atom. The van der Waals surface area contributed by atoms with Crippen LogP contribution in [-0.2, 0) is 6.54 Å². The van der Waals surface area contributed by atoms with Gasteiger partial charge in [0.05, 0.1) is 0 Å².